The standard InChI is InChI=1S/C24H28FN3O2S/c1-15(2)20-8-6-7-9-22(20)30-17(5)23-26-27-24(28(23)16(3)4)31-14-21(29)18-10-12-19(25)13-11-18/h6-13,15-17H,14H2,1-5H3. The molecule has 1 heterocycles. The van der Waals surface area contributed by atoms with Crippen LogP contribution in [-0.2, 0) is 0 Å². The smallest absolute Gasteiger partial charge is 0.192 e. The third kappa shape index (κ3) is 5.53. The minimum absolute atomic E-state index is 0.0833. The second-order valence-electron chi connectivity index (χ2n) is 7.98. The van der Waals surface area contributed by atoms with E-state index in [-0.39, 0.29) is 29.5 Å². The van der Waals surface area contributed by atoms with Crippen LogP contribution in [0.3, 0.4) is 0 Å². The van der Waals surface area contributed by atoms with E-state index in [4.69, 9.17) is 4.74 Å². The van der Waals surface area contributed by atoms with Crippen molar-refractivity contribution in [3.8, 4) is 5.75 Å². The van der Waals surface area contributed by atoms with E-state index in [0.29, 0.717) is 22.5 Å². The van der Waals surface area contributed by atoms with Gasteiger partial charge in [-0.05, 0) is 62.6 Å². The lowest BCUT2D eigenvalue weighted by molar-refractivity contribution is 0.102. The van der Waals surface area contributed by atoms with Gasteiger partial charge in [-0.2, -0.15) is 0 Å². The Bertz CT molecular complexity index is 1030. The van der Waals surface area contributed by atoms with Gasteiger partial charge in [0.05, 0.1) is 5.75 Å². The van der Waals surface area contributed by atoms with E-state index in [0.717, 1.165) is 11.3 Å². The van der Waals surface area contributed by atoms with Crippen LogP contribution < -0.4 is 4.74 Å². The Kier molecular flexibility index (Phi) is 7.49. The molecule has 2 aromatic carbocycles. The van der Waals surface area contributed by atoms with Crippen molar-refractivity contribution in [2.75, 3.05) is 5.75 Å². The lowest BCUT2D eigenvalue weighted by Gasteiger charge is -2.21. The van der Waals surface area contributed by atoms with Gasteiger partial charge in [0.2, 0.25) is 0 Å². The van der Waals surface area contributed by atoms with Crippen LogP contribution in [0.4, 0.5) is 4.39 Å². The van der Waals surface area contributed by atoms with Gasteiger partial charge in [0, 0.05) is 11.6 Å². The van der Waals surface area contributed by atoms with Gasteiger partial charge < -0.3 is 9.30 Å². The number of para-hydroxylation sites is 1. The van der Waals surface area contributed by atoms with Crippen molar-refractivity contribution in [3.63, 3.8) is 0 Å². The third-order valence-corrected chi connectivity index (χ3v) is 5.86. The molecule has 0 radical (unpaired) electrons. The number of benzene rings is 2. The first-order chi connectivity index (χ1) is 14.8. The van der Waals surface area contributed by atoms with Crippen molar-refractivity contribution in [3.05, 3.63) is 71.3 Å². The summed E-state index contributed by atoms with van der Waals surface area (Å²) in [7, 11) is 0. The molecule has 3 aromatic rings. The molecule has 0 saturated heterocycles. The highest BCUT2D eigenvalue weighted by molar-refractivity contribution is 7.99. The molecule has 0 aliphatic rings. The normalized spacial score (nSPS) is 12.4. The Balaban J connectivity index is 1.77. The molecule has 5 nitrogen and oxygen atoms in total. The Morgan fingerprint density at radius 2 is 1.71 bits per heavy atom. The molecule has 0 bridgehead atoms. The summed E-state index contributed by atoms with van der Waals surface area (Å²) in [5, 5.41) is 9.36. The average molecular weight is 442 g/mol. The summed E-state index contributed by atoms with van der Waals surface area (Å²) in [4.78, 5) is 12.5. The van der Waals surface area contributed by atoms with E-state index < -0.39 is 0 Å². The molecule has 0 N–H and O–H groups in total. The van der Waals surface area contributed by atoms with Crippen LogP contribution in [0, 0.1) is 5.82 Å². The van der Waals surface area contributed by atoms with Crippen LogP contribution in [0.1, 0.15) is 74.4 Å². The highest BCUT2D eigenvalue weighted by Gasteiger charge is 2.23. The number of Topliss-reactive ketones (excluding diaryl/α,β-unsaturated/α-hetero) is 1. The second-order valence-corrected chi connectivity index (χ2v) is 8.92. The van der Waals surface area contributed by atoms with Gasteiger partial charge in [0.1, 0.15) is 11.6 Å². The third-order valence-electron chi connectivity index (χ3n) is 4.91. The lowest BCUT2D eigenvalue weighted by Crippen LogP contribution is -2.15. The number of ether oxygens (including phenoxy) is 1. The predicted molar refractivity (Wildman–Crippen MR) is 121 cm³/mol. The summed E-state index contributed by atoms with van der Waals surface area (Å²) in [6.07, 6.45) is -0.308. The van der Waals surface area contributed by atoms with Crippen LogP contribution in [-0.4, -0.2) is 26.3 Å². The van der Waals surface area contributed by atoms with Gasteiger partial charge in [0.25, 0.3) is 0 Å². The molecule has 0 saturated carbocycles. The first kappa shape index (κ1) is 23.0. The molecule has 0 aliphatic carbocycles. The van der Waals surface area contributed by atoms with E-state index in [1.54, 1.807) is 0 Å². The fourth-order valence-corrected chi connectivity index (χ4v) is 4.28. The summed E-state index contributed by atoms with van der Waals surface area (Å²) >= 11 is 1.33. The van der Waals surface area contributed by atoms with Crippen molar-refractivity contribution in [2.45, 2.75) is 57.8 Å². The summed E-state index contributed by atoms with van der Waals surface area (Å²) in [5.74, 6) is 1.65. The van der Waals surface area contributed by atoms with Gasteiger partial charge in [-0.25, -0.2) is 4.39 Å². The summed E-state index contributed by atoms with van der Waals surface area (Å²) in [6.45, 7) is 10.3. The van der Waals surface area contributed by atoms with Gasteiger partial charge in [-0.3, -0.25) is 4.79 Å². The molecule has 1 aromatic heterocycles. The van der Waals surface area contributed by atoms with E-state index in [2.05, 4.69) is 30.1 Å². The van der Waals surface area contributed by atoms with Crippen LogP contribution in [0.2, 0.25) is 0 Å². The van der Waals surface area contributed by atoms with Gasteiger partial charge >= 0.3 is 0 Å². The zero-order valence-electron chi connectivity index (χ0n) is 18.5. The molecule has 0 aliphatic heterocycles. The van der Waals surface area contributed by atoms with E-state index in [9.17, 15) is 9.18 Å². The number of carbonyl (C=O) groups is 1. The van der Waals surface area contributed by atoms with Crippen LogP contribution in [0.5, 0.6) is 5.75 Å². The number of hydrogen-bond acceptors (Lipinski definition) is 5. The minimum atomic E-state index is -0.360. The molecule has 1 unspecified atom stereocenters. The highest BCUT2D eigenvalue weighted by atomic mass is 32.2. The highest BCUT2D eigenvalue weighted by Crippen LogP contribution is 2.32. The molecule has 0 amide bonds. The zero-order chi connectivity index (χ0) is 22.5. The SMILES string of the molecule is CC(C)c1ccccc1OC(C)c1nnc(SCC(=O)c2ccc(F)cc2)n1C(C)C. The number of rotatable bonds is 9. The van der Waals surface area contributed by atoms with Crippen molar-refractivity contribution >= 4 is 17.5 Å². The van der Waals surface area contributed by atoms with Crippen molar-refractivity contribution in [1.29, 1.82) is 0 Å². The van der Waals surface area contributed by atoms with Gasteiger partial charge in [0.15, 0.2) is 22.9 Å². The Morgan fingerprint density at radius 1 is 1.03 bits per heavy atom. The molecule has 31 heavy (non-hydrogen) atoms. The molecule has 7 heteroatoms. The quantitative estimate of drug-likeness (QED) is 0.291. The minimum Gasteiger partial charge on any atom is -0.482 e. The van der Waals surface area contributed by atoms with Gasteiger partial charge in [-0.1, -0.05) is 43.8 Å². The van der Waals surface area contributed by atoms with Crippen LogP contribution >= 0.6 is 11.8 Å². The first-order valence-corrected chi connectivity index (χ1v) is 11.4. The Morgan fingerprint density at radius 3 is 2.35 bits per heavy atom. The summed E-state index contributed by atoms with van der Waals surface area (Å²) in [5.41, 5.74) is 1.62. The topological polar surface area (TPSA) is 57.0 Å². The molecule has 0 fully saturated rings. The van der Waals surface area contributed by atoms with Crippen molar-refractivity contribution in [1.82, 2.24) is 14.8 Å². The summed E-state index contributed by atoms with van der Waals surface area (Å²) < 4.78 is 21.4. The van der Waals surface area contributed by atoms with E-state index >= 15 is 0 Å². The van der Waals surface area contributed by atoms with Crippen molar-refractivity contribution < 1.29 is 13.9 Å². The molecule has 1 atom stereocenters. The largest absolute Gasteiger partial charge is 0.482 e. The predicted octanol–water partition coefficient (Wildman–Crippen LogP) is 6.24. The molecular weight excluding hydrogens is 413 g/mol. The maximum absolute atomic E-state index is 13.1. The monoisotopic (exact) mass is 441 g/mol. The number of aromatic nitrogens is 3. The number of ketones is 1. The molecule has 0 spiro atoms. The average Bonchev–Trinajstić information content (AvgIpc) is 3.17. The van der Waals surface area contributed by atoms with Crippen LogP contribution in [0.25, 0.3) is 0 Å². The number of carbonyl (C=O) groups excluding carboxylic acids is 1. The Labute approximate surface area is 187 Å². The number of nitrogens with zero attached hydrogens (tertiary/aromatic N) is 3. The number of thioether (sulfide) groups is 1. The van der Waals surface area contributed by atoms with Gasteiger partial charge in [-0.15, -0.1) is 10.2 Å². The fourth-order valence-electron chi connectivity index (χ4n) is 3.31. The maximum atomic E-state index is 13.1. The van der Waals surface area contributed by atoms with Crippen LogP contribution in [0.15, 0.2) is 53.7 Å². The fraction of sp³-hybridized carbons (Fsp3) is 0.375. The zero-order valence-corrected chi connectivity index (χ0v) is 19.3. The first-order valence-electron chi connectivity index (χ1n) is 10.4. The van der Waals surface area contributed by atoms with E-state index in [1.165, 1.54) is 36.0 Å². The molecular formula is C24H28FN3O2S. The number of halogens is 1. The summed E-state index contributed by atoms with van der Waals surface area (Å²) in [6, 6.07) is 13.7. The molecule has 164 valence electrons. The Hall–Kier alpha value is -2.67. The van der Waals surface area contributed by atoms with E-state index in [1.807, 2.05) is 43.5 Å². The second kappa shape index (κ2) is 10.1. The van der Waals surface area contributed by atoms with Crippen molar-refractivity contribution in [2.24, 2.45) is 0 Å². The lowest BCUT2D eigenvalue weighted by atomic mass is 10.0. The molecule has 3 rings (SSSR count). The maximum Gasteiger partial charge on any atom is 0.192 e. The number of hydrogen-bond donors (Lipinski definition) is 0.